The number of rotatable bonds is 37. The van der Waals surface area contributed by atoms with Gasteiger partial charge in [0.2, 0.25) is 59.1 Å². The van der Waals surface area contributed by atoms with Crippen molar-refractivity contribution in [3.63, 3.8) is 0 Å². The van der Waals surface area contributed by atoms with Crippen LogP contribution in [-0.2, 0) is 57.5 Å². The lowest BCUT2D eigenvalue weighted by Crippen LogP contribution is -2.62. The van der Waals surface area contributed by atoms with Crippen LogP contribution >= 0.6 is 36.2 Å². The summed E-state index contributed by atoms with van der Waals surface area (Å²) in [5, 5.41) is 58.2. The molecular formula is C41H71N11O16S3. The van der Waals surface area contributed by atoms with Gasteiger partial charge >= 0.3 is 11.9 Å². The van der Waals surface area contributed by atoms with Crippen LogP contribution in [0.2, 0.25) is 0 Å². The third kappa shape index (κ3) is 26.6. The summed E-state index contributed by atoms with van der Waals surface area (Å²) in [7, 11) is 0. The van der Waals surface area contributed by atoms with Crippen LogP contribution in [0.25, 0.3) is 0 Å². The zero-order valence-corrected chi connectivity index (χ0v) is 42.8. The van der Waals surface area contributed by atoms with Gasteiger partial charge in [0.05, 0.1) is 18.8 Å². The summed E-state index contributed by atoms with van der Waals surface area (Å²) in [5.41, 5.74) is 16.3. The molecule has 0 spiro atoms. The highest BCUT2D eigenvalue weighted by Crippen LogP contribution is 2.11. The van der Waals surface area contributed by atoms with E-state index in [1.807, 2.05) is 0 Å². The van der Waals surface area contributed by atoms with E-state index in [9.17, 15) is 78.0 Å². The summed E-state index contributed by atoms with van der Waals surface area (Å²) in [4.78, 5) is 154. The van der Waals surface area contributed by atoms with Gasteiger partial charge in [0.25, 0.3) is 0 Å². The maximum Gasteiger partial charge on any atom is 0.326 e. The molecule has 0 saturated heterocycles. The van der Waals surface area contributed by atoms with Crippen molar-refractivity contribution in [1.29, 1.82) is 0 Å². The number of carbonyl (C=O) groups is 12. The van der Waals surface area contributed by atoms with E-state index in [1.54, 1.807) is 26.4 Å². The Kier molecular flexibility index (Phi) is 32.2. The molecule has 0 aliphatic rings. The number of aliphatic hydroxyl groups is 2. The molecule has 404 valence electrons. The van der Waals surface area contributed by atoms with Crippen LogP contribution < -0.4 is 59.7 Å². The third-order valence-electron chi connectivity index (χ3n) is 10.1. The fourth-order valence-corrected chi connectivity index (χ4v) is 7.37. The highest BCUT2D eigenvalue weighted by molar-refractivity contribution is 7.98. The number of carbonyl (C=O) groups excluding carboxylic acids is 10. The summed E-state index contributed by atoms with van der Waals surface area (Å²) in [6, 6.07) is -13.8. The molecule has 0 heterocycles. The second-order valence-corrected chi connectivity index (χ2v) is 18.9. The molecule has 0 saturated carbocycles. The third-order valence-corrected chi connectivity index (χ3v) is 11.8. The number of aliphatic carboxylic acids is 2. The monoisotopic (exact) mass is 1070 g/mol. The van der Waals surface area contributed by atoms with Gasteiger partial charge in [0.1, 0.15) is 48.3 Å². The summed E-state index contributed by atoms with van der Waals surface area (Å²) < 4.78 is 0. The van der Waals surface area contributed by atoms with Crippen LogP contribution in [0.4, 0.5) is 0 Å². The highest BCUT2D eigenvalue weighted by atomic mass is 32.2. The fraction of sp³-hybridized carbons (Fsp3) is 0.707. The first-order chi connectivity index (χ1) is 33.2. The molecular weight excluding hydrogens is 999 g/mol. The Balaban J connectivity index is 6.43. The molecule has 18 N–H and O–H groups in total. The second-order valence-electron chi connectivity index (χ2n) is 16.6. The normalized spacial score (nSPS) is 15.3. The van der Waals surface area contributed by atoms with Crippen molar-refractivity contribution in [2.24, 2.45) is 23.1 Å². The van der Waals surface area contributed by atoms with Gasteiger partial charge in [0, 0.05) is 25.0 Å². The number of carboxylic acids is 2. The lowest BCUT2D eigenvalue weighted by molar-refractivity contribution is -0.142. The molecule has 0 unspecified atom stereocenters. The van der Waals surface area contributed by atoms with Crippen LogP contribution in [0.3, 0.4) is 0 Å². The predicted octanol–water partition coefficient (Wildman–Crippen LogP) is -5.47. The summed E-state index contributed by atoms with van der Waals surface area (Å²) in [6.07, 6.45) is -0.755. The SMILES string of the molecule is CSCC[C@H](NC(=O)[C@H](CS)NC(=O)[C@H](CCC(=O)O)NC(=O)[C@H](CC(C)C)NC(=O)[C@H](CCC(N)=O)NC(=O)[C@H](CO)NC(=O)[C@@H](NC(=O)[C@H](CCSC)NC(=O)[C@@H](N)CCC(N)=O)[C@@H](C)O)C(=O)O. The minimum Gasteiger partial charge on any atom is -0.481 e. The number of hydrogen-bond acceptors (Lipinski definition) is 18. The van der Waals surface area contributed by atoms with Gasteiger partial charge < -0.3 is 80.2 Å². The van der Waals surface area contributed by atoms with Crippen LogP contribution in [0.5, 0.6) is 0 Å². The van der Waals surface area contributed by atoms with Crippen molar-refractivity contribution in [1.82, 2.24) is 42.5 Å². The van der Waals surface area contributed by atoms with Crippen molar-refractivity contribution < 1.29 is 78.0 Å². The Labute approximate surface area is 424 Å². The Hall–Kier alpha value is -5.43. The number of nitrogens with one attached hydrogen (secondary N) is 8. The Bertz CT molecular complexity index is 1850. The zero-order chi connectivity index (χ0) is 54.5. The fourth-order valence-electron chi connectivity index (χ4n) is 6.17. The number of nitrogens with two attached hydrogens (primary N) is 3. The van der Waals surface area contributed by atoms with Crippen LogP contribution in [0.1, 0.15) is 78.6 Å². The van der Waals surface area contributed by atoms with Gasteiger partial charge in [0.15, 0.2) is 0 Å². The molecule has 0 aromatic rings. The number of hydrogen-bond donors (Lipinski definition) is 16. The first-order valence-corrected chi connectivity index (χ1v) is 25.7. The van der Waals surface area contributed by atoms with Crippen molar-refractivity contribution in [3.8, 4) is 0 Å². The molecule has 10 amide bonds. The molecule has 0 aliphatic heterocycles. The van der Waals surface area contributed by atoms with E-state index in [4.69, 9.17) is 17.2 Å². The number of thioether (sulfide) groups is 2. The number of primary amides is 2. The average Bonchev–Trinajstić information content (AvgIpc) is 3.29. The van der Waals surface area contributed by atoms with E-state index >= 15 is 0 Å². The minimum atomic E-state index is -1.88. The molecule has 0 bridgehead atoms. The quantitative estimate of drug-likeness (QED) is 0.0258. The number of thiol groups is 1. The van der Waals surface area contributed by atoms with E-state index in [0.717, 1.165) is 6.92 Å². The molecule has 0 aliphatic carbocycles. The maximum absolute atomic E-state index is 13.9. The van der Waals surface area contributed by atoms with E-state index in [-0.39, 0.29) is 43.8 Å². The summed E-state index contributed by atoms with van der Waals surface area (Å²) in [6.45, 7) is 3.32. The molecule has 30 heteroatoms. The Morgan fingerprint density at radius 2 is 0.887 bits per heavy atom. The highest BCUT2D eigenvalue weighted by Gasteiger charge is 2.36. The topological polar surface area (TPSA) is 460 Å². The van der Waals surface area contributed by atoms with Gasteiger partial charge in [-0.15, -0.1) is 0 Å². The van der Waals surface area contributed by atoms with Crippen molar-refractivity contribution >= 4 is 107 Å². The van der Waals surface area contributed by atoms with Gasteiger partial charge in [-0.3, -0.25) is 52.7 Å². The van der Waals surface area contributed by atoms with Gasteiger partial charge in [-0.1, -0.05) is 13.8 Å². The smallest absolute Gasteiger partial charge is 0.326 e. The predicted molar refractivity (Wildman–Crippen MR) is 263 cm³/mol. The Morgan fingerprint density at radius 1 is 0.507 bits per heavy atom. The largest absolute Gasteiger partial charge is 0.481 e. The molecule has 0 rings (SSSR count). The molecule has 10 atom stereocenters. The first kappa shape index (κ1) is 65.6. The molecule has 27 nitrogen and oxygen atoms in total. The van der Waals surface area contributed by atoms with E-state index in [1.165, 1.54) is 23.5 Å². The molecule has 0 aromatic heterocycles. The van der Waals surface area contributed by atoms with Crippen LogP contribution in [0.15, 0.2) is 0 Å². The maximum atomic E-state index is 13.9. The van der Waals surface area contributed by atoms with Crippen molar-refractivity contribution in [2.75, 3.05) is 36.4 Å². The number of amides is 10. The minimum absolute atomic E-state index is 0.0276. The summed E-state index contributed by atoms with van der Waals surface area (Å²) in [5.74, 6) is -12.6. The number of carboxylic acid groups (broad SMARTS) is 2. The van der Waals surface area contributed by atoms with Crippen molar-refractivity contribution in [2.45, 2.75) is 139 Å². The molecule has 0 aromatic carbocycles. The second kappa shape index (κ2) is 34.8. The standard InChI is InChI=1S/C41H71N11O16S3/c1-19(2)16-26(37(63)46-23(8-11-31(57)58)35(61)51-28(18-69)39(65)48-25(41(67)68)13-15-71-5)49-34(60)22(7-10-30(44)56)47-38(64)27(17-53)50-40(66)32(20(3)54)52-36(62)24(12-14-70-4)45-33(59)21(42)6-9-29(43)55/h19-28,32,53-54,69H,6-18,42H2,1-5H3,(H2,43,55)(H2,44,56)(H,45,59)(H,46,63)(H,47,64)(H,48,65)(H,49,60)(H,50,66)(H,51,61)(H,52,62)(H,57,58)(H,67,68)/t20-,21+,22+,23+,24+,25+,26+,27+,28+,32+/m1/s1. The lowest BCUT2D eigenvalue weighted by atomic mass is 10.0. The molecule has 0 fully saturated rings. The van der Waals surface area contributed by atoms with Gasteiger partial charge in [-0.2, -0.15) is 36.2 Å². The average molecular weight is 1070 g/mol. The van der Waals surface area contributed by atoms with Gasteiger partial charge in [-0.25, -0.2) is 4.79 Å². The van der Waals surface area contributed by atoms with Crippen molar-refractivity contribution in [3.05, 3.63) is 0 Å². The van der Waals surface area contributed by atoms with E-state index in [2.05, 4.69) is 55.2 Å². The lowest BCUT2D eigenvalue weighted by Gasteiger charge is -2.28. The van der Waals surface area contributed by atoms with E-state index < -0.39 is 164 Å². The number of aliphatic hydroxyl groups excluding tert-OH is 2. The summed E-state index contributed by atoms with van der Waals surface area (Å²) >= 11 is 6.73. The molecule has 0 radical (unpaired) electrons. The molecule has 71 heavy (non-hydrogen) atoms. The first-order valence-electron chi connectivity index (χ1n) is 22.3. The zero-order valence-electron chi connectivity index (χ0n) is 40.2. The Morgan fingerprint density at radius 3 is 1.34 bits per heavy atom. The van der Waals surface area contributed by atoms with E-state index in [0.29, 0.717) is 11.5 Å². The van der Waals surface area contributed by atoms with Crippen LogP contribution in [-0.4, -0.2) is 188 Å². The van der Waals surface area contributed by atoms with Crippen LogP contribution in [0, 0.1) is 5.92 Å². The van der Waals surface area contributed by atoms with Gasteiger partial charge in [-0.05, 0) is 75.4 Å².